The van der Waals surface area contributed by atoms with Gasteiger partial charge >= 0.3 is 0 Å². The summed E-state index contributed by atoms with van der Waals surface area (Å²) in [5.74, 6) is -0.381. The van der Waals surface area contributed by atoms with E-state index in [4.69, 9.17) is 27.9 Å². The summed E-state index contributed by atoms with van der Waals surface area (Å²) in [6, 6.07) is -1.23. The minimum absolute atomic E-state index is 0.0666. The quantitative estimate of drug-likeness (QED) is 0.616. The highest BCUT2D eigenvalue weighted by Gasteiger charge is 2.50. The topological polar surface area (TPSA) is 49.9 Å². The average molecular weight is 453 g/mol. The van der Waals surface area contributed by atoms with Crippen molar-refractivity contribution in [3.8, 4) is 0 Å². The number of hydrogen-bond donors (Lipinski definition) is 0. The molecule has 0 aromatic rings. The molecule has 4 rings (SSSR count). The van der Waals surface area contributed by atoms with Gasteiger partial charge in [0.05, 0.1) is 24.6 Å². The number of hydrogen-bond acceptors (Lipinski definition) is 3. The second-order valence-electron chi connectivity index (χ2n) is 8.96. The molecule has 2 heterocycles. The molecule has 4 fully saturated rings. The van der Waals surface area contributed by atoms with Crippen LogP contribution in [0.1, 0.15) is 38.5 Å². The summed E-state index contributed by atoms with van der Waals surface area (Å²) in [4.78, 5) is 29.5. The lowest BCUT2D eigenvalue weighted by Gasteiger charge is -2.50. The van der Waals surface area contributed by atoms with Gasteiger partial charge in [-0.3, -0.25) is 9.59 Å². The summed E-state index contributed by atoms with van der Waals surface area (Å²) in [6.45, 7) is 1.11. The molecule has 0 aromatic heterocycles. The zero-order valence-corrected chi connectivity index (χ0v) is 17.8. The molecule has 7 unspecified atom stereocenters. The number of ether oxygens (including phenoxy) is 1. The van der Waals surface area contributed by atoms with E-state index in [1.165, 1.54) is 4.90 Å². The zero-order chi connectivity index (χ0) is 20.7. The van der Waals surface area contributed by atoms with E-state index in [1.807, 2.05) is 0 Å². The first-order chi connectivity index (χ1) is 13.8. The lowest BCUT2D eigenvalue weighted by atomic mass is 9.84. The van der Waals surface area contributed by atoms with Crippen molar-refractivity contribution < 1.29 is 23.1 Å². The van der Waals surface area contributed by atoms with Gasteiger partial charge in [-0.2, -0.15) is 0 Å². The number of nitrogens with zero attached hydrogens (tertiary/aromatic N) is 2. The first-order valence-corrected chi connectivity index (χ1v) is 11.5. The van der Waals surface area contributed by atoms with Crippen LogP contribution in [0.3, 0.4) is 0 Å². The summed E-state index contributed by atoms with van der Waals surface area (Å²) in [5, 5.41) is -0.775. The van der Waals surface area contributed by atoms with Gasteiger partial charge in [0.1, 0.15) is 24.9 Å². The fourth-order valence-corrected chi connectivity index (χ4v) is 5.84. The fraction of sp³-hybridized carbons (Fsp3) is 0.900. The van der Waals surface area contributed by atoms with Crippen LogP contribution in [0.4, 0.5) is 8.78 Å². The van der Waals surface area contributed by atoms with Crippen molar-refractivity contribution in [2.75, 3.05) is 26.3 Å². The Balaban J connectivity index is 1.50. The van der Waals surface area contributed by atoms with Gasteiger partial charge in [0.2, 0.25) is 11.8 Å². The highest BCUT2D eigenvalue weighted by atomic mass is 35.5. The molecule has 7 atom stereocenters. The van der Waals surface area contributed by atoms with Gasteiger partial charge in [0.25, 0.3) is 0 Å². The van der Waals surface area contributed by atoms with E-state index in [0.29, 0.717) is 51.9 Å². The number of rotatable bonds is 4. The van der Waals surface area contributed by atoms with Crippen LogP contribution in [-0.4, -0.2) is 83.1 Å². The molecule has 9 heteroatoms. The molecule has 2 saturated carbocycles. The number of amides is 2. The Bertz CT molecular complexity index is 639. The summed E-state index contributed by atoms with van der Waals surface area (Å²) in [5.41, 5.74) is 0. The van der Waals surface area contributed by atoms with Crippen molar-refractivity contribution in [1.82, 2.24) is 9.80 Å². The zero-order valence-electron chi connectivity index (χ0n) is 16.3. The number of carbonyl (C=O) groups is 2. The molecule has 0 N–H and O–H groups in total. The SMILES string of the molecule is O=C1C(C2COC2)N(CC2CCC(F)C(Cl)C2)C(=O)CN1C1CCC(Cl)CC1F. The van der Waals surface area contributed by atoms with E-state index in [0.717, 1.165) is 0 Å². The predicted octanol–water partition coefficient (Wildman–Crippen LogP) is 2.92. The highest BCUT2D eigenvalue weighted by molar-refractivity contribution is 6.21. The van der Waals surface area contributed by atoms with Crippen LogP contribution in [-0.2, 0) is 14.3 Å². The molecule has 0 spiro atoms. The Labute approximate surface area is 180 Å². The van der Waals surface area contributed by atoms with Crippen LogP contribution in [0.2, 0.25) is 0 Å². The normalized spacial score (nSPS) is 42.1. The van der Waals surface area contributed by atoms with Gasteiger partial charge in [-0.15, -0.1) is 23.2 Å². The molecule has 2 saturated heterocycles. The van der Waals surface area contributed by atoms with Crippen molar-refractivity contribution in [2.24, 2.45) is 11.8 Å². The van der Waals surface area contributed by atoms with E-state index in [2.05, 4.69) is 0 Å². The molecule has 164 valence electrons. The van der Waals surface area contributed by atoms with Crippen molar-refractivity contribution in [3.63, 3.8) is 0 Å². The largest absolute Gasteiger partial charge is 0.380 e. The van der Waals surface area contributed by atoms with Gasteiger partial charge in [-0.05, 0) is 44.4 Å². The summed E-state index contributed by atoms with van der Waals surface area (Å²) < 4.78 is 33.7. The van der Waals surface area contributed by atoms with Gasteiger partial charge < -0.3 is 14.5 Å². The molecule has 2 aliphatic heterocycles. The van der Waals surface area contributed by atoms with Gasteiger partial charge in [0.15, 0.2) is 0 Å². The van der Waals surface area contributed by atoms with E-state index in [-0.39, 0.29) is 42.0 Å². The predicted molar refractivity (Wildman–Crippen MR) is 106 cm³/mol. The third-order valence-electron chi connectivity index (χ3n) is 6.94. The first-order valence-electron chi connectivity index (χ1n) is 10.6. The molecule has 0 radical (unpaired) electrons. The van der Waals surface area contributed by atoms with Crippen LogP contribution >= 0.6 is 23.2 Å². The first kappa shape index (κ1) is 21.6. The van der Waals surface area contributed by atoms with Crippen molar-refractivity contribution in [2.45, 2.75) is 73.7 Å². The fourth-order valence-electron chi connectivity index (χ4n) is 5.17. The number of piperazine rings is 1. The van der Waals surface area contributed by atoms with E-state index >= 15 is 0 Å². The second kappa shape index (κ2) is 8.83. The van der Waals surface area contributed by atoms with Crippen LogP contribution in [0, 0.1) is 11.8 Å². The second-order valence-corrected chi connectivity index (χ2v) is 10.1. The third kappa shape index (κ3) is 4.38. The van der Waals surface area contributed by atoms with E-state index in [1.54, 1.807) is 4.90 Å². The summed E-state index contributed by atoms with van der Waals surface area (Å²) in [6.07, 6.45) is 0.585. The highest BCUT2D eigenvalue weighted by Crippen LogP contribution is 2.36. The lowest BCUT2D eigenvalue weighted by molar-refractivity contribution is -0.172. The van der Waals surface area contributed by atoms with E-state index in [9.17, 15) is 18.4 Å². The third-order valence-corrected chi connectivity index (χ3v) is 7.79. The summed E-state index contributed by atoms with van der Waals surface area (Å²) >= 11 is 12.2. The lowest BCUT2D eigenvalue weighted by Crippen LogP contribution is -2.68. The maximum Gasteiger partial charge on any atom is 0.246 e. The van der Waals surface area contributed by atoms with Gasteiger partial charge in [-0.1, -0.05) is 0 Å². The van der Waals surface area contributed by atoms with Crippen LogP contribution < -0.4 is 0 Å². The maximum atomic E-state index is 14.7. The smallest absolute Gasteiger partial charge is 0.246 e. The molecule has 2 aliphatic carbocycles. The molecule has 0 aromatic carbocycles. The summed E-state index contributed by atoms with van der Waals surface area (Å²) in [7, 11) is 0. The molecular weight excluding hydrogens is 425 g/mol. The maximum absolute atomic E-state index is 14.7. The molecule has 5 nitrogen and oxygen atoms in total. The number of halogens is 4. The standard InChI is InChI=1S/C20H28Cl2F2N2O3/c21-13-2-4-17(16(24)6-13)25-8-18(27)26(19(20(25)28)12-9-29-10-12)7-11-1-3-15(23)14(22)5-11/h11-17,19H,1-10H2. The molecule has 29 heavy (non-hydrogen) atoms. The Kier molecular flexibility index (Phi) is 6.57. The Morgan fingerprint density at radius 3 is 2.38 bits per heavy atom. The molecule has 2 amide bonds. The number of alkyl halides is 4. The molecule has 4 aliphatic rings. The van der Waals surface area contributed by atoms with Crippen molar-refractivity contribution in [3.05, 3.63) is 0 Å². The Morgan fingerprint density at radius 1 is 1.00 bits per heavy atom. The monoisotopic (exact) mass is 452 g/mol. The van der Waals surface area contributed by atoms with Gasteiger partial charge in [-0.25, -0.2) is 8.78 Å². The van der Waals surface area contributed by atoms with Crippen molar-refractivity contribution in [1.29, 1.82) is 0 Å². The molecule has 0 bridgehead atoms. The van der Waals surface area contributed by atoms with Crippen molar-refractivity contribution >= 4 is 35.0 Å². The van der Waals surface area contributed by atoms with Gasteiger partial charge in [0, 0.05) is 17.8 Å². The molecular formula is C20H28Cl2F2N2O3. The van der Waals surface area contributed by atoms with Crippen LogP contribution in [0.25, 0.3) is 0 Å². The minimum atomic E-state index is -1.22. The van der Waals surface area contributed by atoms with Crippen LogP contribution in [0.15, 0.2) is 0 Å². The minimum Gasteiger partial charge on any atom is -0.380 e. The van der Waals surface area contributed by atoms with E-state index < -0.39 is 29.8 Å². The average Bonchev–Trinajstić information content (AvgIpc) is 2.62. The van der Waals surface area contributed by atoms with Crippen LogP contribution in [0.5, 0.6) is 0 Å². The Morgan fingerprint density at radius 2 is 1.76 bits per heavy atom. The Hall–Kier alpha value is -0.660. The number of carbonyl (C=O) groups excluding carboxylic acids is 2.